The number of methoxy groups -OCH3 is 1. The van der Waals surface area contributed by atoms with Crippen molar-refractivity contribution in [2.75, 3.05) is 7.11 Å². The zero-order valence-electron chi connectivity index (χ0n) is 11.2. The van der Waals surface area contributed by atoms with Crippen LogP contribution < -0.4 is 9.47 Å². The molecule has 1 aromatic heterocycles. The molecule has 0 bridgehead atoms. The number of ether oxygens (including phenoxy) is 2. The normalized spacial score (nSPS) is 11.1. The Hall–Kier alpha value is -2.77. The first-order valence-electron chi connectivity index (χ1n) is 5.92. The summed E-state index contributed by atoms with van der Waals surface area (Å²) in [6.07, 6.45) is -2.13. The maximum absolute atomic E-state index is 12.3. The Morgan fingerprint density at radius 3 is 2.36 bits per heavy atom. The molecule has 0 spiro atoms. The van der Waals surface area contributed by atoms with Crippen molar-refractivity contribution in [1.29, 1.82) is 0 Å². The SMILES string of the molecule is COc1cncc(-c2cc(OC(F)(F)F)cc(C(=O)O)c2)c1. The van der Waals surface area contributed by atoms with Crippen LogP contribution in [-0.4, -0.2) is 29.5 Å². The van der Waals surface area contributed by atoms with Crippen molar-refractivity contribution in [1.82, 2.24) is 4.98 Å². The van der Waals surface area contributed by atoms with Gasteiger partial charge in [-0.05, 0) is 29.8 Å². The number of carboxylic acid groups (broad SMARTS) is 1. The highest BCUT2D eigenvalue weighted by Gasteiger charge is 2.31. The van der Waals surface area contributed by atoms with Crippen LogP contribution in [0.1, 0.15) is 10.4 Å². The van der Waals surface area contributed by atoms with Crippen molar-refractivity contribution in [3.63, 3.8) is 0 Å². The minimum absolute atomic E-state index is 0.213. The molecule has 0 aliphatic rings. The molecule has 0 amide bonds. The number of hydrogen-bond donors (Lipinski definition) is 1. The topological polar surface area (TPSA) is 68.7 Å². The molecule has 1 aromatic carbocycles. The van der Waals surface area contributed by atoms with Crippen molar-refractivity contribution in [3.05, 3.63) is 42.2 Å². The molecule has 1 heterocycles. The van der Waals surface area contributed by atoms with E-state index in [9.17, 15) is 18.0 Å². The van der Waals surface area contributed by atoms with Crippen LogP contribution in [0.2, 0.25) is 0 Å². The second-order valence-electron chi connectivity index (χ2n) is 4.21. The highest BCUT2D eigenvalue weighted by molar-refractivity contribution is 5.90. The number of nitrogens with zero attached hydrogens (tertiary/aromatic N) is 1. The van der Waals surface area contributed by atoms with Crippen molar-refractivity contribution >= 4 is 5.97 Å². The summed E-state index contributed by atoms with van der Waals surface area (Å²) in [5, 5.41) is 9.00. The fourth-order valence-electron chi connectivity index (χ4n) is 1.77. The van der Waals surface area contributed by atoms with E-state index < -0.39 is 18.1 Å². The molecule has 0 aliphatic carbocycles. The van der Waals surface area contributed by atoms with Crippen LogP contribution in [0.15, 0.2) is 36.7 Å². The first-order chi connectivity index (χ1) is 10.3. The van der Waals surface area contributed by atoms with Gasteiger partial charge in [-0.25, -0.2) is 4.79 Å². The standard InChI is InChI=1S/C14H10F3NO4/c1-21-12-5-10(6-18-7-12)8-2-9(13(19)20)4-11(3-8)22-14(15,16)17/h2-7H,1H3,(H,19,20). The molecular weight excluding hydrogens is 303 g/mol. The Kier molecular flexibility index (Phi) is 4.20. The number of carboxylic acids is 1. The van der Waals surface area contributed by atoms with E-state index in [-0.39, 0.29) is 11.1 Å². The van der Waals surface area contributed by atoms with E-state index in [2.05, 4.69) is 9.72 Å². The first-order valence-corrected chi connectivity index (χ1v) is 5.92. The lowest BCUT2D eigenvalue weighted by molar-refractivity contribution is -0.274. The number of aromatic nitrogens is 1. The number of benzene rings is 1. The fraction of sp³-hybridized carbons (Fsp3) is 0.143. The minimum atomic E-state index is -4.92. The quantitative estimate of drug-likeness (QED) is 0.937. The molecule has 8 heteroatoms. The zero-order valence-corrected chi connectivity index (χ0v) is 11.2. The molecular formula is C14H10F3NO4. The Morgan fingerprint density at radius 2 is 1.77 bits per heavy atom. The summed E-state index contributed by atoms with van der Waals surface area (Å²) in [4.78, 5) is 14.9. The monoisotopic (exact) mass is 313 g/mol. The zero-order chi connectivity index (χ0) is 16.3. The molecule has 0 radical (unpaired) electrons. The Labute approximate surface area is 122 Å². The van der Waals surface area contributed by atoms with Crippen LogP contribution in [0.3, 0.4) is 0 Å². The predicted molar refractivity (Wildman–Crippen MR) is 69.9 cm³/mol. The minimum Gasteiger partial charge on any atom is -0.495 e. The third-order valence-electron chi connectivity index (χ3n) is 2.67. The van der Waals surface area contributed by atoms with Crippen LogP contribution in [-0.2, 0) is 0 Å². The van der Waals surface area contributed by atoms with Crippen molar-refractivity contribution < 1.29 is 32.5 Å². The largest absolute Gasteiger partial charge is 0.573 e. The van der Waals surface area contributed by atoms with Gasteiger partial charge in [-0.3, -0.25) is 4.98 Å². The molecule has 5 nitrogen and oxygen atoms in total. The lowest BCUT2D eigenvalue weighted by Crippen LogP contribution is -2.17. The average molecular weight is 313 g/mol. The second kappa shape index (κ2) is 5.92. The number of aromatic carboxylic acids is 1. The third kappa shape index (κ3) is 3.87. The number of hydrogen-bond acceptors (Lipinski definition) is 4. The molecule has 0 saturated heterocycles. The van der Waals surface area contributed by atoms with Crippen molar-refractivity contribution in [2.45, 2.75) is 6.36 Å². The van der Waals surface area contributed by atoms with E-state index in [4.69, 9.17) is 9.84 Å². The van der Waals surface area contributed by atoms with E-state index in [1.54, 1.807) is 0 Å². The summed E-state index contributed by atoms with van der Waals surface area (Å²) < 4.78 is 45.7. The first kappa shape index (κ1) is 15.6. The fourth-order valence-corrected chi connectivity index (χ4v) is 1.77. The van der Waals surface area contributed by atoms with Crippen molar-refractivity contribution in [2.24, 2.45) is 0 Å². The summed E-state index contributed by atoms with van der Waals surface area (Å²) in [6, 6.07) is 4.62. The van der Waals surface area contributed by atoms with E-state index >= 15 is 0 Å². The van der Waals surface area contributed by atoms with Gasteiger partial charge in [0.1, 0.15) is 11.5 Å². The number of pyridine rings is 1. The number of rotatable bonds is 4. The van der Waals surface area contributed by atoms with E-state index in [0.717, 1.165) is 12.1 Å². The summed E-state index contributed by atoms with van der Waals surface area (Å²) in [6.45, 7) is 0. The molecule has 0 saturated carbocycles. The van der Waals surface area contributed by atoms with Gasteiger partial charge in [0.2, 0.25) is 0 Å². The van der Waals surface area contributed by atoms with E-state index in [1.807, 2.05) is 0 Å². The maximum atomic E-state index is 12.3. The Bertz CT molecular complexity index is 701. The molecule has 22 heavy (non-hydrogen) atoms. The van der Waals surface area contributed by atoms with Gasteiger partial charge in [0.25, 0.3) is 0 Å². The summed E-state index contributed by atoms with van der Waals surface area (Å²) in [5.74, 6) is -1.61. The maximum Gasteiger partial charge on any atom is 0.573 e. The molecule has 0 unspecified atom stereocenters. The third-order valence-corrected chi connectivity index (χ3v) is 2.67. The summed E-state index contributed by atoms with van der Waals surface area (Å²) >= 11 is 0. The molecule has 1 N–H and O–H groups in total. The molecule has 2 rings (SSSR count). The molecule has 2 aromatic rings. The summed E-state index contributed by atoms with van der Waals surface area (Å²) in [5.41, 5.74) is 0.277. The van der Waals surface area contributed by atoms with Gasteiger partial charge in [-0.2, -0.15) is 0 Å². The van der Waals surface area contributed by atoms with Gasteiger partial charge < -0.3 is 14.6 Å². The van der Waals surface area contributed by atoms with Crippen LogP contribution in [0.25, 0.3) is 11.1 Å². The predicted octanol–water partition coefficient (Wildman–Crippen LogP) is 3.35. The van der Waals surface area contributed by atoms with Gasteiger partial charge in [-0.15, -0.1) is 13.2 Å². The molecule has 0 fully saturated rings. The van der Waals surface area contributed by atoms with Gasteiger partial charge >= 0.3 is 12.3 Å². The van der Waals surface area contributed by atoms with Crippen LogP contribution in [0.4, 0.5) is 13.2 Å². The average Bonchev–Trinajstić information content (AvgIpc) is 2.45. The molecule has 0 atom stereocenters. The smallest absolute Gasteiger partial charge is 0.495 e. The molecule has 116 valence electrons. The summed E-state index contributed by atoms with van der Waals surface area (Å²) in [7, 11) is 1.41. The van der Waals surface area contributed by atoms with E-state index in [0.29, 0.717) is 11.3 Å². The number of halogens is 3. The van der Waals surface area contributed by atoms with Gasteiger partial charge in [0, 0.05) is 11.8 Å². The van der Waals surface area contributed by atoms with Crippen LogP contribution in [0.5, 0.6) is 11.5 Å². The Morgan fingerprint density at radius 1 is 1.09 bits per heavy atom. The van der Waals surface area contributed by atoms with Gasteiger partial charge in [0.05, 0.1) is 18.9 Å². The second-order valence-corrected chi connectivity index (χ2v) is 4.21. The van der Waals surface area contributed by atoms with Crippen LogP contribution in [0, 0.1) is 0 Å². The lowest BCUT2D eigenvalue weighted by atomic mass is 10.0. The van der Waals surface area contributed by atoms with Gasteiger partial charge in [-0.1, -0.05) is 0 Å². The number of carbonyl (C=O) groups is 1. The van der Waals surface area contributed by atoms with Crippen molar-refractivity contribution in [3.8, 4) is 22.6 Å². The number of alkyl halides is 3. The van der Waals surface area contributed by atoms with Gasteiger partial charge in [0.15, 0.2) is 0 Å². The van der Waals surface area contributed by atoms with Crippen LogP contribution >= 0.6 is 0 Å². The highest BCUT2D eigenvalue weighted by atomic mass is 19.4. The molecule has 0 aliphatic heterocycles. The highest BCUT2D eigenvalue weighted by Crippen LogP contribution is 2.30. The Balaban J connectivity index is 2.52. The van der Waals surface area contributed by atoms with E-state index in [1.165, 1.54) is 31.6 Å². The lowest BCUT2D eigenvalue weighted by Gasteiger charge is -2.12.